The smallest absolute Gasteiger partial charge is 0.406 e. The lowest BCUT2D eigenvalue weighted by Crippen LogP contribution is -2.13. The molecule has 0 bridgehead atoms. The van der Waals surface area contributed by atoms with E-state index in [0.717, 1.165) is 6.42 Å². The van der Waals surface area contributed by atoms with Crippen molar-refractivity contribution in [1.82, 2.24) is 0 Å². The molecule has 1 nitrogen and oxygen atoms in total. The molecule has 0 spiro atoms. The van der Waals surface area contributed by atoms with Gasteiger partial charge in [0.2, 0.25) is 0 Å². The monoisotopic (exact) mass is 178 g/mol. The van der Waals surface area contributed by atoms with Crippen molar-refractivity contribution in [2.75, 3.05) is 0 Å². The first-order valence-corrected chi connectivity index (χ1v) is 3.61. The van der Waals surface area contributed by atoms with Gasteiger partial charge in [-0.3, -0.25) is 0 Å². The van der Waals surface area contributed by atoms with Gasteiger partial charge in [-0.25, -0.2) is 0 Å². The molecule has 0 N–H and O–H groups in total. The van der Waals surface area contributed by atoms with Gasteiger partial charge in [0.05, 0.1) is 0 Å². The topological polar surface area (TPSA) is 9.23 Å². The van der Waals surface area contributed by atoms with Gasteiger partial charge < -0.3 is 4.74 Å². The van der Waals surface area contributed by atoms with Crippen LogP contribution in [0.15, 0.2) is 24.0 Å². The van der Waals surface area contributed by atoms with Crippen molar-refractivity contribution in [1.29, 1.82) is 0 Å². The fraction of sp³-hybridized carbons (Fsp3) is 0.500. The maximum absolute atomic E-state index is 11.7. The fourth-order valence-corrected chi connectivity index (χ4v) is 1.00. The van der Waals surface area contributed by atoms with Crippen molar-refractivity contribution in [2.45, 2.75) is 19.7 Å². The van der Waals surface area contributed by atoms with Crippen molar-refractivity contribution < 1.29 is 17.9 Å². The average molecular weight is 178 g/mol. The number of rotatable bonds is 1. The number of ether oxygens (including phenoxy) is 1. The lowest BCUT2D eigenvalue weighted by molar-refractivity contribution is -0.303. The van der Waals surface area contributed by atoms with E-state index in [1.165, 1.54) is 12.2 Å². The summed E-state index contributed by atoms with van der Waals surface area (Å²) in [6, 6.07) is 0. The Morgan fingerprint density at radius 3 is 2.67 bits per heavy atom. The number of halogens is 3. The van der Waals surface area contributed by atoms with Crippen LogP contribution in [-0.4, -0.2) is 6.36 Å². The van der Waals surface area contributed by atoms with E-state index in [-0.39, 0.29) is 11.7 Å². The lowest BCUT2D eigenvalue weighted by atomic mass is 10.0. The molecule has 0 aliphatic heterocycles. The minimum Gasteiger partial charge on any atom is -0.406 e. The summed E-state index contributed by atoms with van der Waals surface area (Å²) in [7, 11) is 0. The standard InChI is InChI=1S/C8H9F3O/c1-6-3-2-4-7(5-6)12-8(9,10)11/h2,4-6H,3H2,1H3/t6-/m0/s1. The Morgan fingerprint density at radius 2 is 2.17 bits per heavy atom. The van der Waals surface area contributed by atoms with E-state index in [9.17, 15) is 13.2 Å². The molecule has 0 heterocycles. The molecule has 4 heteroatoms. The van der Waals surface area contributed by atoms with Crippen molar-refractivity contribution in [3.05, 3.63) is 24.0 Å². The van der Waals surface area contributed by atoms with Gasteiger partial charge in [0, 0.05) is 0 Å². The average Bonchev–Trinajstić information content (AvgIpc) is 1.82. The van der Waals surface area contributed by atoms with Crippen LogP contribution in [0.25, 0.3) is 0 Å². The molecule has 68 valence electrons. The molecule has 0 radical (unpaired) electrons. The van der Waals surface area contributed by atoms with Crippen LogP contribution in [0.3, 0.4) is 0 Å². The molecule has 0 aromatic rings. The summed E-state index contributed by atoms with van der Waals surface area (Å²) in [5.74, 6) is 0.00796. The summed E-state index contributed by atoms with van der Waals surface area (Å²) >= 11 is 0. The fourth-order valence-electron chi connectivity index (χ4n) is 1.00. The van der Waals surface area contributed by atoms with Gasteiger partial charge in [-0.2, -0.15) is 0 Å². The number of hydrogen-bond acceptors (Lipinski definition) is 1. The summed E-state index contributed by atoms with van der Waals surface area (Å²) in [4.78, 5) is 0. The van der Waals surface area contributed by atoms with E-state index in [1.807, 2.05) is 6.92 Å². The maximum Gasteiger partial charge on any atom is 0.573 e. The second kappa shape index (κ2) is 3.21. The van der Waals surface area contributed by atoms with Gasteiger partial charge in [-0.15, -0.1) is 13.2 Å². The van der Waals surface area contributed by atoms with Crippen molar-refractivity contribution in [2.24, 2.45) is 5.92 Å². The van der Waals surface area contributed by atoms with Gasteiger partial charge in [0.15, 0.2) is 0 Å². The molecule has 1 rings (SSSR count). The second-order valence-corrected chi connectivity index (χ2v) is 2.73. The zero-order chi connectivity index (χ0) is 9.19. The van der Waals surface area contributed by atoms with Gasteiger partial charge in [0.25, 0.3) is 0 Å². The molecule has 0 saturated carbocycles. The van der Waals surface area contributed by atoms with Crippen LogP contribution in [0.5, 0.6) is 0 Å². The lowest BCUT2D eigenvalue weighted by Gasteiger charge is -2.14. The van der Waals surface area contributed by atoms with Crippen molar-refractivity contribution in [3.8, 4) is 0 Å². The van der Waals surface area contributed by atoms with Gasteiger partial charge in [-0.05, 0) is 24.5 Å². The Kier molecular flexibility index (Phi) is 2.45. The minimum absolute atomic E-state index is 0.110. The first kappa shape index (κ1) is 9.16. The number of allylic oxidation sites excluding steroid dienone is 3. The van der Waals surface area contributed by atoms with Crippen LogP contribution in [-0.2, 0) is 4.74 Å². The summed E-state index contributed by atoms with van der Waals surface area (Å²) < 4.78 is 38.7. The Labute approximate surface area is 68.5 Å². The maximum atomic E-state index is 11.7. The minimum atomic E-state index is -4.58. The first-order valence-electron chi connectivity index (χ1n) is 3.61. The quantitative estimate of drug-likeness (QED) is 0.599. The molecule has 0 aromatic heterocycles. The van der Waals surface area contributed by atoms with E-state index in [0.29, 0.717) is 0 Å². The van der Waals surface area contributed by atoms with Gasteiger partial charge >= 0.3 is 6.36 Å². The molecular weight excluding hydrogens is 169 g/mol. The molecular formula is C8H9F3O. The highest BCUT2D eigenvalue weighted by Gasteiger charge is 2.31. The molecule has 12 heavy (non-hydrogen) atoms. The zero-order valence-electron chi connectivity index (χ0n) is 6.56. The van der Waals surface area contributed by atoms with Crippen LogP contribution in [0, 0.1) is 5.92 Å². The molecule has 0 aromatic carbocycles. The van der Waals surface area contributed by atoms with Crippen molar-refractivity contribution >= 4 is 0 Å². The van der Waals surface area contributed by atoms with Crippen LogP contribution < -0.4 is 0 Å². The van der Waals surface area contributed by atoms with E-state index >= 15 is 0 Å². The van der Waals surface area contributed by atoms with Crippen LogP contribution >= 0.6 is 0 Å². The summed E-state index contributed by atoms with van der Waals surface area (Å²) in [5, 5.41) is 0. The first-order chi connectivity index (χ1) is 5.47. The van der Waals surface area contributed by atoms with E-state index < -0.39 is 6.36 Å². The van der Waals surface area contributed by atoms with E-state index in [4.69, 9.17) is 0 Å². The highest BCUT2D eigenvalue weighted by atomic mass is 19.4. The molecule has 0 fully saturated rings. The third-order valence-corrected chi connectivity index (χ3v) is 1.47. The van der Waals surface area contributed by atoms with Crippen LogP contribution in [0.4, 0.5) is 13.2 Å². The predicted octanol–water partition coefficient (Wildman–Crippen LogP) is 3.00. The largest absolute Gasteiger partial charge is 0.573 e. The third-order valence-electron chi connectivity index (χ3n) is 1.47. The zero-order valence-corrected chi connectivity index (χ0v) is 6.56. The molecule has 0 saturated heterocycles. The van der Waals surface area contributed by atoms with E-state index in [2.05, 4.69) is 4.74 Å². The van der Waals surface area contributed by atoms with Crippen LogP contribution in [0.2, 0.25) is 0 Å². The number of hydrogen-bond donors (Lipinski definition) is 0. The Hall–Kier alpha value is -0.930. The SMILES string of the molecule is C[C@@H]1C=C(OC(F)(F)F)C=CC1. The summed E-state index contributed by atoms with van der Waals surface area (Å²) in [6.07, 6.45) is 0.671. The third kappa shape index (κ3) is 2.98. The predicted molar refractivity (Wildman–Crippen MR) is 38.1 cm³/mol. The highest BCUT2D eigenvalue weighted by Crippen LogP contribution is 2.25. The molecule has 1 aliphatic carbocycles. The Balaban J connectivity index is 2.58. The normalized spacial score (nSPS) is 23.7. The highest BCUT2D eigenvalue weighted by molar-refractivity contribution is 5.17. The van der Waals surface area contributed by atoms with Gasteiger partial charge in [-0.1, -0.05) is 13.0 Å². The summed E-state index contributed by atoms with van der Waals surface area (Å²) in [5.41, 5.74) is 0. The van der Waals surface area contributed by atoms with Crippen molar-refractivity contribution in [3.63, 3.8) is 0 Å². The van der Waals surface area contributed by atoms with Crippen LogP contribution in [0.1, 0.15) is 13.3 Å². The second-order valence-electron chi connectivity index (χ2n) is 2.73. The van der Waals surface area contributed by atoms with Gasteiger partial charge in [0.1, 0.15) is 5.76 Å². The molecule has 1 aliphatic rings. The Morgan fingerprint density at radius 1 is 1.50 bits per heavy atom. The molecule has 0 amide bonds. The summed E-state index contributed by atoms with van der Waals surface area (Å²) in [6.45, 7) is 1.84. The Bertz CT molecular complexity index is 215. The van der Waals surface area contributed by atoms with E-state index in [1.54, 1.807) is 6.08 Å². The molecule has 1 atom stereocenters. The number of alkyl halides is 3. The molecule has 0 unspecified atom stereocenters.